The van der Waals surface area contributed by atoms with Crippen LogP contribution in [0.4, 0.5) is 0 Å². The van der Waals surface area contributed by atoms with Gasteiger partial charge in [0.2, 0.25) is 5.91 Å². The molecule has 0 aliphatic rings. The van der Waals surface area contributed by atoms with Crippen molar-refractivity contribution in [3.05, 3.63) is 29.8 Å². The maximum atomic E-state index is 11.7. The Balaban J connectivity index is 2.40. The molecule has 2 N–H and O–H groups in total. The Hall–Kier alpha value is -2.04. The summed E-state index contributed by atoms with van der Waals surface area (Å²) in [5, 5.41) is 11.5. The summed E-state index contributed by atoms with van der Waals surface area (Å²) in [5.74, 6) is -0.334. The average molecular weight is 307 g/mol. The van der Waals surface area contributed by atoms with Crippen molar-refractivity contribution in [2.24, 2.45) is 5.92 Å². The zero-order valence-electron chi connectivity index (χ0n) is 13.6. The molecule has 0 heterocycles. The number of carbonyl (C=O) groups excluding carboxylic acids is 1. The molecule has 22 heavy (non-hydrogen) atoms. The van der Waals surface area contributed by atoms with Gasteiger partial charge in [-0.15, -0.1) is 0 Å². The highest BCUT2D eigenvalue weighted by molar-refractivity contribution is 5.83. The first-order valence-corrected chi connectivity index (χ1v) is 7.56. The van der Waals surface area contributed by atoms with E-state index in [2.05, 4.69) is 19.2 Å². The van der Waals surface area contributed by atoms with Gasteiger partial charge in [0, 0.05) is 0 Å². The van der Waals surface area contributed by atoms with Crippen molar-refractivity contribution in [3.63, 3.8) is 0 Å². The second-order valence-corrected chi connectivity index (χ2v) is 5.95. The summed E-state index contributed by atoms with van der Waals surface area (Å²) in [6.45, 7) is 7.97. The molecule has 1 amide bonds. The monoisotopic (exact) mass is 307 g/mol. The number of rotatable bonds is 8. The van der Waals surface area contributed by atoms with Gasteiger partial charge in [0.25, 0.3) is 0 Å². The molecule has 0 unspecified atom stereocenters. The fourth-order valence-electron chi connectivity index (χ4n) is 1.97. The Morgan fingerprint density at radius 2 is 1.73 bits per heavy atom. The fourth-order valence-corrected chi connectivity index (χ4v) is 1.97. The van der Waals surface area contributed by atoms with Crippen molar-refractivity contribution in [1.82, 2.24) is 5.32 Å². The van der Waals surface area contributed by atoms with Gasteiger partial charge < -0.3 is 15.2 Å². The predicted molar refractivity (Wildman–Crippen MR) is 85.0 cm³/mol. The summed E-state index contributed by atoms with van der Waals surface area (Å²) in [6, 6.07) is 6.89. The molecule has 1 rings (SSSR count). The molecule has 122 valence electrons. The second kappa shape index (κ2) is 8.41. The summed E-state index contributed by atoms with van der Waals surface area (Å²) >= 11 is 0. The number of hydrogen-bond acceptors (Lipinski definition) is 3. The number of nitrogens with one attached hydrogen (secondary N) is 1. The molecule has 1 atom stereocenters. The third-order valence-corrected chi connectivity index (χ3v) is 3.39. The van der Waals surface area contributed by atoms with E-state index >= 15 is 0 Å². The molecule has 0 spiro atoms. The molecule has 0 aliphatic carbocycles. The molecule has 0 saturated carbocycles. The van der Waals surface area contributed by atoms with Gasteiger partial charge >= 0.3 is 5.97 Å². The van der Waals surface area contributed by atoms with E-state index in [0.717, 1.165) is 0 Å². The molecule has 5 nitrogen and oxygen atoms in total. The van der Waals surface area contributed by atoms with Crippen LogP contribution in [-0.2, 0) is 9.59 Å². The average Bonchev–Trinajstić information content (AvgIpc) is 2.44. The lowest BCUT2D eigenvalue weighted by atomic mass is 10.0. The predicted octanol–water partition coefficient (Wildman–Crippen LogP) is 2.80. The lowest BCUT2D eigenvalue weighted by molar-refractivity contribution is -0.143. The Kier molecular flexibility index (Phi) is 6.89. The van der Waals surface area contributed by atoms with Crippen LogP contribution < -0.4 is 10.1 Å². The summed E-state index contributed by atoms with van der Waals surface area (Å²) in [7, 11) is 0. The first kappa shape index (κ1) is 18.0. The van der Waals surface area contributed by atoms with E-state index < -0.39 is 12.0 Å². The minimum absolute atomic E-state index is 0.127. The highest BCUT2D eigenvalue weighted by Gasteiger charge is 2.23. The lowest BCUT2D eigenvalue weighted by Gasteiger charge is -2.17. The largest absolute Gasteiger partial charge is 0.493 e. The number of amides is 1. The van der Waals surface area contributed by atoms with Crippen LogP contribution in [0.2, 0.25) is 0 Å². The van der Waals surface area contributed by atoms with E-state index in [9.17, 15) is 9.59 Å². The number of ether oxygens (including phenoxy) is 1. The Morgan fingerprint density at radius 1 is 1.14 bits per heavy atom. The van der Waals surface area contributed by atoms with Crippen LogP contribution in [0, 0.1) is 5.92 Å². The van der Waals surface area contributed by atoms with Gasteiger partial charge in [-0.1, -0.05) is 39.8 Å². The molecular formula is C17H25NO4. The highest BCUT2D eigenvalue weighted by Crippen LogP contribution is 2.18. The van der Waals surface area contributed by atoms with Crippen molar-refractivity contribution in [1.29, 1.82) is 0 Å². The smallest absolute Gasteiger partial charge is 0.326 e. The van der Waals surface area contributed by atoms with Crippen LogP contribution in [0.25, 0.3) is 0 Å². The van der Waals surface area contributed by atoms with E-state index in [-0.39, 0.29) is 24.9 Å². The number of carboxylic acid groups (broad SMARTS) is 1. The van der Waals surface area contributed by atoms with Crippen LogP contribution in [0.3, 0.4) is 0 Å². The van der Waals surface area contributed by atoms with Gasteiger partial charge in [0.15, 0.2) is 0 Å². The highest BCUT2D eigenvalue weighted by atomic mass is 16.5. The molecule has 1 aromatic carbocycles. The van der Waals surface area contributed by atoms with Crippen molar-refractivity contribution in [3.8, 4) is 5.75 Å². The minimum atomic E-state index is -1.02. The maximum Gasteiger partial charge on any atom is 0.326 e. The third kappa shape index (κ3) is 5.76. The van der Waals surface area contributed by atoms with Crippen LogP contribution in [0.5, 0.6) is 5.75 Å². The van der Waals surface area contributed by atoms with Crippen LogP contribution in [-0.4, -0.2) is 29.6 Å². The minimum Gasteiger partial charge on any atom is -0.493 e. The number of aliphatic carboxylic acids is 1. The SMILES string of the molecule is CC(C)c1ccc(OCCC(=O)N[C@@H](C(=O)O)C(C)C)cc1. The van der Waals surface area contributed by atoms with Crippen molar-refractivity contribution < 1.29 is 19.4 Å². The van der Waals surface area contributed by atoms with E-state index in [1.54, 1.807) is 13.8 Å². The van der Waals surface area contributed by atoms with Gasteiger partial charge in [-0.25, -0.2) is 4.79 Å². The van der Waals surface area contributed by atoms with Crippen LogP contribution in [0.1, 0.15) is 45.6 Å². The zero-order valence-corrected chi connectivity index (χ0v) is 13.6. The van der Waals surface area contributed by atoms with Gasteiger partial charge in [-0.05, 0) is 29.5 Å². The van der Waals surface area contributed by atoms with Crippen LogP contribution >= 0.6 is 0 Å². The summed E-state index contributed by atoms with van der Waals surface area (Å²) in [4.78, 5) is 22.8. The third-order valence-electron chi connectivity index (χ3n) is 3.39. The summed E-state index contributed by atoms with van der Waals surface area (Å²) in [6.07, 6.45) is 0.127. The Bertz CT molecular complexity index is 494. The number of carbonyl (C=O) groups is 2. The zero-order chi connectivity index (χ0) is 16.7. The molecule has 5 heteroatoms. The van der Waals surface area contributed by atoms with Crippen molar-refractivity contribution >= 4 is 11.9 Å². The van der Waals surface area contributed by atoms with Crippen LogP contribution in [0.15, 0.2) is 24.3 Å². The van der Waals surface area contributed by atoms with E-state index in [4.69, 9.17) is 9.84 Å². The van der Waals surface area contributed by atoms with E-state index in [1.807, 2.05) is 24.3 Å². The van der Waals surface area contributed by atoms with Gasteiger partial charge in [-0.2, -0.15) is 0 Å². The molecule has 0 bridgehead atoms. The Morgan fingerprint density at radius 3 is 2.18 bits per heavy atom. The molecule has 0 aliphatic heterocycles. The molecular weight excluding hydrogens is 282 g/mol. The fraction of sp³-hybridized carbons (Fsp3) is 0.529. The van der Waals surface area contributed by atoms with Crippen molar-refractivity contribution in [2.45, 2.75) is 46.1 Å². The lowest BCUT2D eigenvalue weighted by Crippen LogP contribution is -2.44. The summed E-state index contributed by atoms with van der Waals surface area (Å²) in [5.41, 5.74) is 1.23. The second-order valence-electron chi connectivity index (χ2n) is 5.95. The van der Waals surface area contributed by atoms with Gasteiger partial charge in [-0.3, -0.25) is 4.79 Å². The molecule has 0 fully saturated rings. The summed E-state index contributed by atoms with van der Waals surface area (Å²) < 4.78 is 5.51. The molecule has 1 aromatic rings. The Labute approximate surface area is 131 Å². The maximum absolute atomic E-state index is 11.7. The normalized spacial score (nSPS) is 12.3. The van der Waals surface area contributed by atoms with E-state index in [1.165, 1.54) is 5.56 Å². The quantitative estimate of drug-likeness (QED) is 0.774. The number of carboxylic acids is 1. The van der Waals surface area contributed by atoms with Gasteiger partial charge in [0.05, 0.1) is 13.0 Å². The standard InChI is InChI=1S/C17H25NO4/c1-11(2)13-5-7-14(8-6-13)22-10-9-15(19)18-16(12(3)4)17(20)21/h5-8,11-12,16H,9-10H2,1-4H3,(H,18,19)(H,20,21)/t16-/m1/s1. The first-order valence-electron chi connectivity index (χ1n) is 7.56. The van der Waals surface area contributed by atoms with E-state index in [0.29, 0.717) is 11.7 Å². The molecule has 0 radical (unpaired) electrons. The molecule has 0 aromatic heterocycles. The molecule has 0 saturated heterocycles. The number of hydrogen-bond donors (Lipinski definition) is 2. The number of benzene rings is 1. The van der Waals surface area contributed by atoms with Gasteiger partial charge in [0.1, 0.15) is 11.8 Å². The first-order chi connectivity index (χ1) is 10.3. The topological polar surface area (TPSA) is 75.6 Å². The van der Waals surface area contributed by atoms with Crippen molar-refractivity contribution in [2.75, 3.05) is 6.61 Å².